The van der Waals surface area contributed by atoms with E-state index in [0.717, 1.165) is 32.0 Å². The molecule has 1 amide bonds. The first-order valence-corrected chi connectivity index (χ1v) is 7.25. The van der Waals surface area contributed by atoms with Crippen molar-refractivity contribution in [3.8, 4) is 0 Å². The summed E-state index contributed by atoms with van der Waals surface area (Å²) >= 11 is 0. The third-order valence-electron chi connectivity index (χ3n) is 4.05. The predicted octanol–water partition coefficient (Wildman–Crippen LogP) is 1.29. The molecule has 1 unspecified atom stereocenters. The Labute approximate surface area is 114 Å². The summed E-state index contributed by atoms with van der Waals surface area (Å²) in [5.41, 5.74) is 0.578. The highest BCUT2D eigenvalue weighted by atomic mass is 16.2. The lowest BCUT2D eigenvalue weighted by Crippen LogP contribution is -2.32. The predicted molar refractivity (Wildman–Crippen MR) is 73.1 cm³/mol. The summed E-state index contributed by atoms with van der Waals surface area (Å²) in [6.45, 7) is 2.91. The van der Waals surface area contributed by atoms with Crippen molar-refractivity contribution in [2.24, 2.45) is 5.92 Å². The van der Waals surface area contributed by atoms with E-state index < -0.39 is 0 Å². The first-order chi connectivity index (χ1) is 9.24. The average Bonchev–Trinajstić information content (AvgIpc) is 3.12. The summed E-state index contributed by atoms with van der Waals surface area (Å²) in [6.07, 6.45) is 6.78. The minimum Gasteiger partial charge on any atom is -0.340 e. The fourth-order valence-corrected chi connectivity index (χ4v) is 2.68. The fourth-order valence-electron chi connectivity index (χ4n) is 2.68. The second kappa shape index (κ2) is 5.33. The second-order valence-electron chi connectivity index (χ2n) is 5.81. The zero-order valence-electron chi connectivity index (χ0n) is 11.5. The van der Waals surface area contributed by atoms with Crippen molar-refractivity contribution >= 4 is 5.91 Å². The van der Waals surface area contributed by atoms with Crippen molar-refractivity contribution in [2.75, 3.05) is 26.7 Å². The smallest absolute Gasteiger partial charge is 0.274 e. The van der Waals surface area contributed by atoms with Crippen molar-refractivity contribution in [1.29, 1.82) is 0 Å². The van der Waals surface area contributed by atoms with E-state index >= 15 is 0 Å². The van der Waals surface area contributed by atoms with Crippen LogP contribution in [0.2, 0.25) is 0 Å². The van der Waals surface area contributed by atoms with Crippen LogP contribution in [-0.2, 0) is 0 Å². The molecule has 1 aromatic heterocycles. The highest BCUT2D eigenvalue weighted by molar-refractivity contribution is 5.92. The molecule has 1 saturated carbocycles. The van der Waals surface area contributed by atoms with E-state index in [4.69, 9.17) is 0 Å². The molecule has 1 atom stereocenters. The Kier molecular flexibility index (Phi) is 3.55. The van der Waals surface area contributed by atoms with E-state index in [-0.39, 0.29) is 5.91 Å². The maximum absolute atomic E-state index is 12.2. The number of hydrogen-bond acceptors (Lipinski definition) is 3. The van der Waals surface area contributed by atoms with Crippen molar-refractivity contribution < 1.29 is 4.79 Å². The van der Waals surface area contributed by atoms with Crippen LogP contribution >= 0.6 is 0 Å². The minimum absolute atomic E-state index is 0.0504. The summed E-state index contributed by atoms with van der Waals surface area (Å²) in [4.78, 5) is 14.0. The Morgan fingerprint density at radius 1 is 1.53 bits per heavy atom. The van der Waals surface area contributed by atoms with Crippen molar-refractivity contribution in [2.45, 2.75) is 31.7 Å². The maximum Gasteiger partial charge on any atom is 0.274 e. The van der Waals surface area contributed by atoms with Gasteiger partial charge in [0.25, 0.3) is 5.91 Å². The number of carbonyl (C=O) groups is 1. The van der Waals surface area contributed by atoms with Crippen molar-refractivity contribution in [1.82, 2.24) is 20.0 Å². The lowest BCUT2D eigenvalue weighted by molar-refractivity contribution is 0.0781. The van der Waals surface area contributed by atoms with Gasteiger partial charge in [-0.3, -0.25) is 9.48 Å². The van der Waals surface area contributed by atoms with Gasteiger partial charge in [-0.2, -0.15) is 5.10 Å². The number of nitrogens with one attached hydrogen (secondary N) is 1. The molecule has 0 spiro atoms. The van der Waals surface area contributed by atoms with Crippen LogP contribution in [0.4, 0.5) is 0 Å². The number of piperidine rings is 1. The summed E-state index contributed by atoms with van der Waals surface area (Å²) in [5, 5.41) is 7.84. The Hall–Kier alpha value is -1.36. The third kappa shape index (κ3) is 2.97. The molecule has 2 fully saturated rings. The second-order valence-corrected chi connectivity index (χ2v) is 5.81. The molecular formula is C14H22N4O. The van der Waals surface area contributed by atoms with E-state index in [9.17, 15) is 4.79 Å². The number of amides is 1. The Bertz CT molecular complexity index is 446. The summed E-state index contributed by atoms with van der Waals surface area (Å²) in [5.74, 6) is 0.771. The van der Waals surface area contributed by atoms with Gasteiger partial charge in [-0.05, 0) is 44.2 Å². The largest absolute Gasteiger partial charge is 0.340 e. The molecule has 0 aromatic carbocycles. The molecular weight excluding hydrogens is 240 g/mol. The van der Waals surface area contributed by atoms with Gasteiger partial charge in [0.15, 0.2) is 0 Å². The average molecular weight is 262 g/mol. The number of rotatable bonds is 4. The van der Waals surface area contributed by atoms with Gasteiger partial charge in [-0.15, -0.1) is 0 Å². The molecule has 0 radical (unpaired) electrons. The summed E-state index contributed by atoms with van der Waals surface area (Å²) < 4.78 is 1.95. The van der Waals surface area contributed by atoms with E-state index in [1.807, 2.05) is 28.9 Å². The molecule has 1 saturated heterocycles. The number of hydrogen-bond donors (Lipinski definition) is 1. The van der Waals surface area contributed by atoms with Crippen LogP contribution in [0.3, 0.4) is 0 Å². The van der Waals surface area contributed by atoms with Gasteiger partial charge < -0.3 is 10.2 Å². The molecule has 19 heavy (non-hydrogen) atoms. The SMILES string of the molecule is CN(CC1CC1)C(=O)c1ccn(C2CCCNC2)n1. The Morgan fingerprint density at radius 2 is 2.37 bits per heavy atom. The maximum atomic E-state index is 12.2. The summed E-state index contributed by atoms with van der Waals surface area (Å²) in [7, 11) is 1.88. The van der Waals surface area contributed by atoms with Crippen LogP contribution in [0.5, 0.6) is 0 Å². The molecule has 104 valence electrons. The van der Waals surface area contributed by atoms with E-state index in [2.05, 4.69) is 10.4 Å². The van der Waals surface area contributed by atoms with Gasteiger partial charge >= 0.3 is 0 Å². The highest BCUT2D eigenvalue weighted by Gasteiger charge is 2.26. The quantitative estimate of drug-likeness (QED) is 0.889. The van der Waals surface area contributed by atoms with E-state index in [1.54, 1.807) is 0 Å². The first-order valence-electron chi connectivity index (χ1n) is 7.25. The van der Waals surface area contributed by atoms with Crippen LogP contribution in [0.25, 0.3) is 0 Å². The van der Waals surface area contributed by atoms with Crippen molar-refractivity contribution in [3.63, 3.8) is 0 Å². The van der Waals surface area contributed by atoms with Crippen molar-refractivity contribution in [3.05, 3.63) is 18.0 Å². The van der Waals surface area contributed by atoms with Crippen LogP contribution in [-0.4, -0.2) is 47.3 Å². The van der Waals surface area contributed by atoms with Gasteiger partial charge in [0.1, 0.15) is 5.69 Å². The van der Waals surface area contributed by atoms with E-state index in [0.29, 0.717) is 11.7 Å². The number of aromatic nitrogens is 2. The highest BCUT2D eigenvalue weighted by Crippen LogP contribution is 2.29. The van der Waals surface area contributed by atoms with Crippen LogP contribution in [0, 0.1) is 5.92 Å². The van der Waals surface area contributed by atoms with Crippen LogP contribution in [0.1, 0.15) is 42.2 Å². The molecule has 0 bridgehead atoms. The normalized spacial score (nSPS) is 23.3. The Morgan fingerprint density at radius 3 is 3.05 bits per heavy atom. The first kappa shape index (κ1) is 12.7. The molecule has 5 nitrogen and oxygen atoms in total. The van der Waals surface area contributed by atoms with Gasteiger partial charge in [0, 0.05) is 26.3 Å². The molecule has 1 aromatic rings. The molecule has 1 aliphatic heterocycles. The Balaban J connectivity index is 1.64. The standard InChI is InChI=1S/C14H22N4O/c1-17(10-11-4-5-11)14(19)13-6-8-18(16-13)12-3-2-7-15-9-12/h6,8,11-12,15H,2-5,7,9-10H2,1H3. The van der Waals surface area contributed by atoms with Gasteiger partial charge in [-0.25, -0.2) is 0 Å². The molecule has 3 rings (SSSR count). The van der Waals surface area contributed by atoms with Gasteiger partial charge in [0.2, 0.25) is 0 Å². The summed E-state index contributed by atoms with van der Waals surface area (Å²) in [6, 6.07) is 2.24. The van der Waals surface area contributed by atoms with E-state index in [1.165, 1.54) is 19.3 Å². The topological polar surface area (TPSA) is 50.2 Å². The fraction of sp³-hybridized carbons (Fsp3) is 0.714. The monoisotopic (exact) mass is 262 g/mol. The van der Waals surface area contributed by atoms with Gasteiger partial charge in [0.05, 0.1) is 6.04 Å². The molecule has 1 N–H and O–H groups in total. The van der Waals surface area contributed by atoms with Crippen LogP contribution < -0.4 is 5.32 Å². The lowest BCUT2D eigenvalue weighted by Gasteiger charge is -2.23. The molecule has 2 heterocycles. The molecule has 1 aliphatic carbocycles. The molecule has 2 aliphatic rings. The molecule has 5 heteroatoms. The zero-order valence-corrected chi connectivity index (χ0v) is 11.5. The minimum atomic E-state index is 0.0504. The number of carbonyl (C=O) groups excluding carboxylic acids is 1. The third-order valence-corrected chi connectivity index (χ3v) is 4.05. The van der Waals surface area contributed by atoms with Gasteiger partial charge in [-0.1, -0.05) is 0 Å². The van der Waals surface area contributed by atoms with Crippen LogP contribution in [0.15, 0.2) is 12.3 Å². The zero-order chi connectivity index (χ0) is 13.2. The number of nitrogens with zero attached hydrogens (tertiary/aromatic N) is 3. The lowest BCUT2D eigenvalue weighted by atomic mass is 10.1.